The molecule has 0 fully saturated rings. The van der Waals surface area contributed by atoms with Crippen LogP contribution in [0.25, 0.3) is 0 Å². The number of nitrogens with zero attached hydrogens (tertiary/aromatic N) is 1. The summed E-state index contributed by atoms with van der Waals surface area (Å²) in [6.45, 7) is 5.15. The van der Waals surface area contributed by atoms with Crippen molar-refractivity contribution in [1.29, 1.82) is 0 Å². The molecule has 4 heteroatoms. The van der Waals surface area contributed by atoms with Crippen molar-refractivity contribution in [2.45, 2.75) is 26.4 Å². The molecule has 1 aliphatic rings. The molecule has 2 rings (SSSR count). The summed E-state index contributed by atoms with van der Waals surface area (Å²) in [7, 11) is 0. The summed E-state index contributed by atoms with van der Waals surface area (Å²) in [5.74, 6) is 1.56. The van der Waals surface area contributed by atoms with E-state index in [1.807, 2.05) is 23.9 Å². The molecule has 3 nitrogen and oxygen atoms in total. The highest BCUT2D eigenvalue weighted by Crippen LogP contribution is 2.24. The minimum absolute atomic E-state index is 0.400. The third-order valence-corrected chi connectivity index (χ3v) is 4.19. The third-order valence-electron chi connectivity index (χ3n) is 3.21. The fraction of sp³-hybridized carbons (Fsp3) is 0.500. The molecule has 0 saturated heterocycles. The molecular formula is C14H19NO2S. The monoisotopic (exact) mass is 265 g/mol. The van der Waals surface area contributed by atoms with Gasteiger partial charge < -0.3 is 5.11 Å². The summed E-state index contributed by atoms with van der Waals surface area (Å²) < 4.78 is 0. The fourth-order valence-corrected chi connectivity index (χ4v) is 2.91. The zero-order valence-corrected chi connectivity index (χ0v) is 11.5. The summed E-state index contributed by atoms with van der Waals surface area (Å²) in [4.78, 5) is 13.3. The van der Waals surface area contributed by atoms with E-state index < -0.39 is 5.97 Å². The summed E-state index contributed by atoms with van der Waals surface area (Å²) >= 11 is 1.98. The van der Waals surface area contributed by atoms with Gasteiger partial charge in [-0.25, -0.2) is 4.79 Å². The average molecular weight is 265 g/mol. The Morgan fingerprint density at radius 1 is 1.39 bits per heavy atom. The van der Waals surface area contributed by atoms with E-state index in [9.17, 15) is 4.79 Å². The number of carboxylic acids is 1. The summed E-state index contributed by atoms with van der Waals surface area (Å²) in [6, 6.07) is 5.48. The van der Waals surface area contributed by atoms with Gasteiger partial charge in [0.2, 0.25) is 0 Å². The lowest BCUT2D eigenvalue weighted by atomic mass is 10.1. The molecule has 18 heavy (non-hydrogen) atoms. The van der Waals surface area contributed by atoms with E-state index in [0.29, 0.717) is 5.56 Å². The normalized spacial score (nSPS) is 14.7. The molecule has 0 saturated carbocycles. The van der Waals surface area contributed by atoms with Crippen LogP contribution in [0.2, 0.25) is 0 Å². The second-order valence-electron chi connectivity index (χ2n) is 4.55. The van der Waals surface area contributed by atoms with E-state index in [2.05, 4.69) is 11.8 Å². The Labute approximate surface area is 112 Å². The Bertz CT molecular complexity index is 434. The smallest absolute Gasteiger partial charge is 0.335 e. The number of benzene rings is 1. The first kappa shape index (κ1) is 13.4. The molecule has 0 aliphatic carbocycles. The van der Waals surface area contributed by atoms with Crippen LogP contribution in [0.1, 0.15) is 34.8 Å². The first-order valence-corrected chi connectivity index (χ1v) is 7.51. The molecule has 98 valence electrons. The topological polar surface area (TPSA) is 40.5 Å². The summed E-state index contributed by atoms with van der Waals surface area (Å²) in [5.41, 5.74) is 2.86. The van der Waals surface area contributed by atoms with Gasteiger partial charge in [-0.1, -0.05) is 13.0 Å². The van der Waals surface area contributed by atoms with Crippen LogP contribution in [0.15, 0.2) is 18.2 Å². The molecule has 1 aromatic rings. The van der Waals surface area contributed by atoms with Crippen molar-refractivity contribution in [2.24, 2.45) is 0 Å². The van der Waals surface area contributed by atoms with Gasteiger partial charge in [0, 0.05) is 13.1 Å². The molecule has 0 amide bonds. The quantitative estimate of drug-likeness (QED) is 0.803. The van der Waals surface area contributed by atoms with Crippen LogP contribution in [0.5, 0.6) is 0 Å². The van der Waals surface area contributed by atoms with Crippen molar-refractivity contribution in [3.05, 3.63) is 34.9 Å². The molecule has 0 radical (unpaired) electrons. The average Bonchev–Trinajstić information content (AvgIpc) is 2.76. The molecule has 0 unspecified atom stereocenters. The highest BCUT2D eigenvalue weighted by atomic mass is 32.2. The number of thioether (sulfide) groups is 1. The molecule has 1 aromatic carbocycles. The third kappa shape index (κ3) is 3.27. The Kier molecular flexibility index (Phi) is 4.66. The van der Waals surface area contributed by atoms with Gasteiger partial charge in [-0.3, -0.25) is 4.90 Å². The van der Waals surface area contributed by atoms with Crippen LogP contribution in [0, 0.1) is 0 Å². The van der Waals surface area contributed by atoms with Crippen molar-refractivity contribution in [2.75, 3.05) is 18.1 Å². The van der Waals surface area contributed by atoms with E-state index in [1.54, 1.807) is 6.07 Å². The second kappa shape index (κ2) is 6.25. The zero-order chi connectivity index (χ0) is 13.0. The lowest BCUT2D eigenvalue weighted by Crippen LogP contribution is -2.18. The van der Waals surface area contributed by atoms with E-state index in [-0.39, 0.29) is 0 Å². The highest BCUT2D eigenvalue weighted by molar-refractivity contribution is 7.99. The molecule has 0 aromatic heterocycles. The molecule has 1 N–H and O–H groups in total. The van der Waals surface area contributed by atoms with Crippen LogP contribution in [-0.2, 0) is 13.1 Å². The molecule has 0 bridgehead atoms. The molecule has 0 atom stereocenters. The van der Waals surface area contributed by atoms with Gasteiger partial charge in [0.1, 0.15) is 0 Å². The van der Waals surface area contributed by atoms with Crippen molar-refractivity contribution in [3.8, 4) is 0 Å². The van der Waals surface area contributed by atoms with Crippen molar-refractivity contribution in [3.63, 3.8) is 0 Å². The highest BCUT2D eigenvalue weighted by Gasteiger charge is 2.19. The van der Waals surface area contributed by atoms with Gasteiger partial charge in [-0.15, -0.1) is 0 Å². The molecule has 0 spiro atoms. The Balaban J connectivity index is 1.89. The molecular weight excluding hydrogens is 246 g/mol. The van der Waals surface area contributed by atoms with E-state index in [1.165, 1.54) is 29.1 Å². The maximum atomic E-state index is 10.9. The standard InChI is InChI=1S/C14H19NO2S/c1-2-18-7-3-6-15-9-12-5-4-11(14(16)17)8-13(12)10-15/h4-5,8H,2-3,6-7,9-10H2,1H3,(H,16,17). The Morgan fingerprint density at radius 2 is 2.17 bits per heavy atom. The first-order chi connectivity index (χ1) is 8.70. The largest absolute Gasteiger partial charge is 0.478 e. The number of carboxylic acid groups (broad SMARTS) is 1. The number of carbonyl (C=O) groups is 1. The van der Waals surface area contributed by atoms with Crippen LogP contribution < -0.4 is 0 Å². The minimum Gasteiger partial charge on any atom is -0.478 e. The first-order valence-electron chi connectivity index (χ1n) is 6.36. The summed E-state index contributed by atoms with van der Waals surface area (Å²) in [5, 5.41) is 8.97. The number of fused-ring (bicyclic) bond motifs is 1. The number of rotatable bonds is 6. The van der Waals surface area contributed by atoms with Gasteiger partial charge in [0.25, 0.3) is 0 Å². The van der Waals surface area contributed by atoms with Crippen LogP contribution in [0.4, 0.5) is 0 Å². The van der Waals surface area contributed by atoms with Crippen molar-refractivity contribution < 1.29 is 9.90 Å². The predicted octanol–water partition coefficient (Wildman–Crippen LogP) is 2.84. The minimum atomic E-state index is -0.837. The maximum absolute atomic E-state index is 10.9. The lowest BCUT2D eigenvalue weighted by molar-refractivity contribution is 0.0696. The second-order valence-corrected chi connectivity index (χ2v) is 5.94. The van der Waals surface area contributed by atoms with Crippen molar-refractivity contribution in [1.82, 2.24) is 4.90 Å². The van der Waals surface area contributed by atoms with Crippen LogP contribution in [0.3, 0.4) is 0 Å². The Hall–Kier alpha value is -1.00. The van der Waals surface area contributed by atoms with E-state index >= 15 is 0 Å². The number of aromatic carboxylic acids is 1. The van der Waals surface area contributed by atoms with E-state index in [4.69, 9.17) is 5.11 Å². The van der Waals surface area contributed by atoms with Crippen LogP contribution >= 0.6 is 11.8 Å². The van der Waals surface area contributed by atoms with Gasteiger partial charge >= 0.3 is 5.97 Å². The van der Waals surface area contributed by atoms with Gasteiger partial charge in [0.05, 0.1) is 5.56 Å². The lowest BCUT2D eigenvalue weighted by Gasteiger charge is -2.13. The van der Waals surface area contributed by atoms with E-state index in [0.717, 1.165) is 19.6 Å². The maximum Gasteiger partial charge on any atom is 0.335 e. The van der Waals surface area contributed by atoms with Crippen LogP contribution in [-0.4, -0.2) is 34.0 Å². The van der Waals surface area contributed by atoms with Gasteiger partial charge in [-0.05, 0) is 47.7 Å². The van der Waals surface area contributed by atoms with Gasteiger partial charge in [0.15, 0.2) is 0 Å². The molecule has 1 heterocycles. The summed E-state index contributed by atoms with van der Waals surface area (Å²) in [6.07, 6.45) is 1.21. The SMILES string of the molecule is CCSCCCN1Cc2ccc(C(=O)O)cc2C1. The number of hydrogen-bond donors (Lipinski definition) is 1. The Morgan fingerprint density at radius 3 is 2.89 bits per heavy atom. The predicted molar refractivity (Wildman–Crippen MR) is 75.1 cm³/mol. The number of hydrogen-bond acceptors (Lipinski definition) is 3. The van der Waals surface area contributed by atoms with Crippen molar-refractivity contribution >= 4 is 17.7 Å². The zero-order valence-electron chi connectivity index (χ0n) is 10.7. The molecule has 1 aliphatic heterocycles. The fourth-order valence-electron chi connectivity index (χ4n) is 2.29. The van der Waals surface area contributed by atoms with Gasteiger partial charge in [-0.2, -0.15) is 11.8 Å².